The largest absolute Gasteiger partial charge is 0.362 e. The number of anilines is 1. The van der Waals surface area contributed by atoms with Gasteiger partial charge in [0.05, 0.1) is 15.7 Å². The Balaban J connectivity index is 1.65. The van der Waals surface area contributed by atoms with E-state index in [4.69, 9.17) is 27.9 Å². The smallest absolute Gasteiger partial charge is 0.250 e. The lowest BCUT2D eigenvalue weighted by atomic mass is 10.1. The number of aryl methyl sites for hydroxylation is 1. The van der Waals surface area contributed by atoms with E-state index in [1.165, 1.54) is 5.56 Å². The maximum Gasteiger partial charge on any atom is 0.250 e. The number of carbonyl (C=O) groups is 2. The van der Waals surface area contributed by atoms with Crippen LogP contribution in [0.4, 0.5) is 5.69 Å². The average Bonchev–Trinajstić information content (AvgIpc) is 2.64. The number of hydrogen-bond acceptors (Lipinski definition) is 3. The summed E-state index contributed by atoms with van der Waals surface area (Å²) >= 11 is 11.9. The highest BCUT2D eigenvalue weighted by Crippen LogP contribution is 2.29. The summed E-state index contributed by atoms with van der Waals surface area (Å²) in [5.41, 5.74) is 1.63. The Labute approximate surface area is 169 Å². The first kappa shape index (κ1) is 21.2. The van der Waals surface area contributed by atoms with E-state index in [-0.39, 0.29) is 30.2 Å². The Kier molecular flexibility index (Phi) is 8.58. The molecule has 0 spiro atoms. The summed E-state index contributed by atoms with van der Waals surface area (Å²) < 4.78 is 5.16. The molecule has 0 fully saturated rings. The molecular weight excluding hydrogens is 387 g/mol. The molecule has 2 rings (SSSR count). The van der Waals surface area contributed by atoms with Crippen molar-refractivity contribution in [1.82, 2.24) is 5.32 Å². The van der Waals surface area contributed by atoms with Crippen molar-refractivity contribution in [1.29, 1.82) is 0 Å². The van der Waals surface area contributed by atoms with Gasteiger partial charge in [0.15, 0.2) is 0 Å². The van der Waals surface area contributed by atoms with Crippen LogP contribution >= 0.6 is 23.2 Å². The fourth-order valence-corrected chi connectivity index (χ4v) is 2.79. The maximum absolute atomic E-state index is 11.9. The second-order valence-electron chi connectivity index (χ2n) is 6.14. The first-order valence-electron chi connectivity index (χ1n) is 8.60. The van der Waals surface area contributed by atoms with Crippen LogP contribution in [0.3, 0.4) is 0 Å². The molecule has 0 radical (unpaired) electrons. The van der Waals surface area contributed by atoms with Crippen molar-refractivity contribution >= 4 is 40.7 Å². The Hall–Kier alpha value is -2.08. The number of carbonyl (C=O) groups excluding carboxylic acids is 2. The van der Waals surface area contributed by atoms with E-state index in [2.05, 4.69) is 22.8 Å². The van der Waals surface area contributed by atoms with Crippen molar-refractivity contribution in [3.05, 3.63) is 64.1 Å². The molecular formula is C20H22Cl2N2O3. The molecule has 0 aliphatic carbocycles. The Bertz CT molecular complexity index is 769. The number of rotatable bonds is 9. The highest BCUT2D eigenvalue weighted by atomic mass is 35.5. The van der Waals surface area contributed by atoms with Gasteiger partial charge < -0.3 is 15.4 Å². The highest BCUT2D eigenvalue weighted by Gasteiger charge is 2.11. The first-order valence-corrected chi connectivity index (χ1v) is 9.36. The summed E-state index contributed by atoms with van der Waals surface area (Å²) in [4.78, 5) is 23.8. The van der Waals surface area contributed by atoms with Crippen LogP contribution < -0.4 is 10.6 Å². The second-order valence-corrected chi connectivity index (χ2v) is 6.92. The van der Waals surface area contributed by atoms with Gasteiger partial charge in [-0.25, -0.2) is 0 Å². The van der Waals surface area contributed by atoms with Crippen LogP contribution in [0.2, 0.25) is 10.0 Å². The van der Waals surface area contributed by atoms with E-state index < -0.39 is 5.91 Å². The monoisotopic (exact) mass is 408 g/mol. The molecule has 0 saturated heterocycles. The van der Waals surface area contributed by atoms with Crippen LogP contribution in [0.15, 0.2) is 48.5 Å². The highest BCUT2D eigenvalue weighted by molar-refractivity contribution is 6.43. The first-order chi connectivity index (χ1) is 13.0. The lowest BCUT2D eigenvalue weighted by Gasteiger charge is -2.14. The van der Waals surface area contributed by atoms with Crippen LogP contribution in [0.5, 0.6) is 0 Å². The van der Waals surface area contributed by atoms with Crippen molar-refractivity contribution < 1.29 is 14.3 Å². The summed E-state index contributed by atoms with van der Waals surface area (Å²) in [5.74, 6) is -0.673. The van der Waals surface area contributed by atoms with Crippen molar-refractivity contribution in [3.8, 4) is 0 Å². The molecule has 2 N–H and O–H groups in total. The van der Waals surface area contributed by atoms with Gasteiger partial charge in [0.25, 0.3) is 0 Å². The predicted molar refractivity (Wildman–Crippen MR) is 108 cm³/mol. The molecule has 0 saturated carbocycles. The van der Waals surface area contributed by atoms with Gasteiger partial charge in [0.1, 0.15) is 13.2 Å². The molecule has 0 unspecified atom stereocenters. The van der Waals surface area contributed by atoms with E-state index in [1.54, 1.807) is 18.2 Å². The summed E-state index contributed by atoms with van der Waals surface area (Å²) in [7, 11) is 0. The summed E-state index contributed by atoms with van der Waals surface area (Å²) in [5, 5.41) is 6.06. The van der Waals surface area contributed by atoms with Crippen molar-refractivity contribution in [2.45, 2.75) is 25.8 Å². The third kappa shape index (κ3) is 7.59. The van der Waals surface area contributed by atoms with E-state index >= 15 is 0 Å². The number of halogens is 2. The normalized spacial score (nSPS) is 11.7. The third-order valence-electron chi connectivity index (χ3n) is 3.81. The molecule has 1 atom stereocenters. The molecule has 0 bridgehead atoms. The van der Waals surface area contributed by atoms with E-state index in [0.717, 1.165) is 12.8 Å². The summed E-state index contributed by atoms with van der Waals surface area (Å²) in [6, 6.07) is 15.0. The summed E-state index contributed by atoms with van der Waals surface area (Å²) in [6.07, 6.45) is 1.70. The average molecular weight is 409 g/mol. The van der Waals surface area contributed by atoms with Gasteiger partial charge in [-0.15, -0.1) is 0 Å². The standard InChI is InChI=1S/C20H22Cl2N2O3/c1-14(10-11-15-6-3-2-4-7-15)23-18(25)12-27-13-19(26)24-17-9-5-8-16(21)20(17)22/h2-9,14H,10-13H2,1H3,(H,23,25)(H,24,26)/t14-/m0/s1. The molecule has 144 valence electrons. The Morgan fingerprint density at radius 3 is 2.44 bits per heavy atom. The van der Waals surface area contributed by atoms with E-state index in [1.807, 2.05) is 25.1 Å². The molecule has 0 aliphatic heterocycles. The lowest BCUT2D eigenvalue weighted by Crippen LogP contribution is -2.36. The molecule has 2 aromatic carbocycles. The molecule has 0 aromatic heterocycles. The Morgan fingerprint density at radius 2 is 1.70 bits per heavy atom. The van der Waals surface area contributed by atoms with E-state index in [0.29, 0.717) is 10.7 Å². The Morgan fingerprint density at radius 1 is 1.00 bits per heavy atom. The fraction of sp³-hybridized carbons (Fsp3) is 0.300. The van der Waals surface area contributed by atoms with Crippen LogP contribution in [0.25, 0.3) is 0 Å². The number of benzene rings is 2. The molecule has 2 aromatic rings. The van der Waals surface area contributed by atoms with Crippen molar-refractivity contribution in [2.24, 2.45) is 0 Å². The third-order valence-corrected chi connectivity index (χ3v) is 4.63. The lowest BCUT2D eigenvalue weighted by molar-refractivity contribution is -0.129. The zero-order valence-electron chi connectivity index (χ0n) is 15.0. The number of ether oxygens (including phenoxy) is 1. The van der Waals surface area contributed by atoms with Gasteiger partial charge >= 0.3 is 0 Å². The van der Waals surface area contributed by atoms with Gasteiger partial charge in [0.2, 0.25) is 11.8 Å². The number of amides is 2. The summed E-state index contributed by atoms with van der Waals surface area (Å²) in [6.45, 7) is 1.50. The predicted octanol–water partition coefficient (Wildman–Crippen LogP) is 4.09. The fourth-order valence-electron chi connectivity index (χ4n) is 2.44. The number of nitrogens with one attached hydrogen (secondary N) is 2. The molecule has 7 heteroatoms. The van der Waals surface area contributed by atoms with Gasteiger partial charge in [-0.05, 0) is 37.5 Å². The zero-order valence-corrected chi connectivity index (χ0v) is 16.5. The minimum atomic E-state index is -0.413. The molecule has 2 amide bonds. The minimum Gasteiger partial charge on any atom is -0.362 e. The molecule has 27 heavy (non-hydrogen) atoms. The van der Waals surface area contributed by atoms with Gasteiger partial charge in [-0.1, -0.05) is 59.6 Å². The maximum atomic E-state index is 11.9. The molecule has 5 nitrogen and oxygen atoms in total. The van der Waals surface area contributed by atoms with Gasteiger partial charge in [-0.2, -0.15) is 0 Å². The quantitative estimate of drug-likeness (QED) is 0.656. The van der Waals surface area contributed by atoms with E-state index in [9.17, 15) is 9.59 Å². The van der Waals surface area contributed by atoms with Crippen LogP contribution in [-0.4, -0.2) is 31.1 Å². The second kappa shape index (κ2) is 10.9. The van der Waals surface area contributed by atoms with Crippen molar-refractivity contribution in [3.63, 3.8) is 0 Å². The van der Waals surface area contributed by atoms with Gasteiger partial charge in [-0.3, -0.25) is 9.59 Å². The molecule has 0 aliphatic rings. The van der Waals surface area contributed by atoms with Crippen LogP contribution in [-0.2, 0) is 20.7 Å². The van der Waals surface area contributed by atoms with Crippen LogP contribution in [0, 0.1) is 0 Å². The minimum absolute atomic E-state index is 0.0143. The van der Waals surface area contributed by atoms with Gasteiger partial charge in [0, 0.05) is 6.04 Å². The SMILES string of the molecule is C[C@@H](CCc1ccccc1)NC(=O)COCC(=O)Nc1cccc(Cl)c1Cl. The molecule has 0 heterocycles. The van der Waals surface area contributed by atoms with Crippen molar-refractivity contribution in [2.75, 3.05) is 18.5 Å². The topological polar surface area (TPSA) is 67.4 Å². The zero-order chi connectivity index (χ0) is 19.6. The van der Waals surface area contributed by atoms with Crippen LogP contribution in [0.1, 0.15) is 18.9 Å². The number of hydrogen-bond donors (Lipinski definition) is 2.